The maximum absolute atomic E-state index is 13.1. The summed E-state index contributed by atoms with van der Waals surface area (Å²) >= 11 is 0. The lowest BCUT2D eigenvalue weighted by Gasteiger charge is -2.37. The molecule has 1 fully saturated rings. The Bertz CT molecular complexity index is 1580. The van der Waals surface area contributed by atoms with E-state index < -0.39 is 0 Å². The Morgan fingerprint density at radius 3 is 2.12 bits per heavy atom. The van der Waals surface area contributed by atoms with E-state index in [1.807, 2.05) is 35.2 Å². The largest absolute Gasteiger partial charge is 0.383 e. The topological polar surface area (TPSA) is 149 Å². The number of nitrogens with one attached hydrogen (secondary N) is 3. The van der Waals surface area contributed by atoms with E-state index >= 15 is 0 Å². The first-order valence-corrected chi connectivity index (χ1v) is 14.4. The second-order valence-electron chi connectivity index (χ2n) is 12.0. The number of carbonyl (C=O) groups is 1. The lowest BCUT2D eigenvalue weighted by molar-refractivity contribution is 0.0595. The summed E-state index contributed by atoms with van der Waals surface area (Å²) in [5, 5.41) is 19.5. The molecule has 0 atom stereocenters. The van der Waals surface area contributed by atoms with E-state index in [0.29, 0.717) is 47.5 Å². The van der Waals surface area contributed by atoms with E-state index in [9.17, 15) is 4.79 Å². The molecule has 2 aromatic heterocycles. The van der Waals surface area contributed by atoms with Crippen molar-refractivity contribution >= 4 is 40.4 Å². The number of benzene rings is 2. The fourth-order valence-electron chi connectivity index (χ4n) is 4.90. The standard InChI is InChI=1S/C32H39N9O2/c1-20(2)40-14-16-41(17-15-40)31(42)22-8-6-21(7-9-22)28(33)27-29(34)35-19-36-30(27)38-24-12-10-23(11-13-24)37-26-18-25(43-39-26)32(3,4)5/h6-13,18-20,33H,14-17H2,1-5H3,(H,37,39)(H3,34,35,36,38). The molecular formula is C32H39N9O2. The normalized spacial score (nSPS) is 14.1. The monoisotopic (exact) mass is 581 g/mol. The minimum Gasteiger partial charge on any atom is -0.383 e. The van der Waals surface area contributed by atoms with Gasteiger partial charge < -0.3 is 25.8 Å². The Morgan fingerprint density at radius 1 is 0.930 bits per heavy atom. The van der Waals surface area contributed by atoms with E-state index in [1.165, 1.54) is 6.33 Å². The van der Waals surface area contributed by atoms with Gasteiger partial charge in [0.2, 0.25) is 0 Å². The first kappa shape index (κ1) is 29.7. The zero-order valence-corrected chi connectivity index (χ0v) is 25.3. The van der Waals surface area contributed by atoms with Gasteiger partial charge in [-0.25, -0.2) is 9.97 Å². The molecule has 0 aliphatic carbocycles. The third-order valence-electron chi connectivity index (χ3n) is 7.55. The molecule has 5 N–H and O–H groups in total. The van der Waals surface area contributed by atoms with Crippen molar-refractivity contribution in [3.05, 3.63) is 83.4 Å². The summed E-state index contributed by atoms with van der Waals surface area (Å²) in [7, 11) is 0. The third kappa shape index (κ3) is 6.83. The molecule has 0 spiro atoms. The zero-order valence-electron chi connectivity index (χ0n) is 25.3. The molecule has 0 saturated carbocycles. The molecular weight excluding hydrogens is 542 g/mol. The van der Waals surface area contributed by atoms with E-state index in [-0.39, 0.29) is 22.9 Å². The molecule has 0 bridgehead atoms. The van der Waals surface area contributed by atoms with Gasteiger partial charge in [0.05, 0.1) is 11.3 Å². The van der Waals surface area contributed by atoms with Gasteiger partial charge in [0.25, 0.3) is 5.91 Å². The quantitative estimate of drug-likeness (QED) is 0.200. The average Bonchev–Trinajstić information content (AvgIpc) is 3.47. The fourth-order valence-corrected chi connectivity index (χ4v) is 4.90. The Kier molecular flexibility index (Phi) is 8.45. The molecule has 0 unspecified atom stereocenters. The molecule has 224 valence electrons. The summed E-state index contributed by atoms with van der Waals surface area (Å²) in [5.41, 5.74) is 9.44. The van der Waals surface area contributed by atoms with Crippen molar-refractivity contribution in [1.82, 2.24) is 24.9 Å². The molecule has 11 nitrogen and oxygen atoms in total. The number of nitrogens with two attached hydrogens (primary N) is 1. The van der Waals surface area contributed by atoms with Crippen LogP contribution in [0.2, 0.25) is 0 Å². The molecule has 1 aliphatic heterocycles. The number of hydrogen-bond acceptors (Lipinski definition) is 10. The molecule has 2 aromatic carbocycles. The number of nitrogens with zero attached hydrogens (tertiary/aromatic N) is 5. The molecule has 1 saturated heterocycles. The highest BCUT2D eigenvalue weighted by Crippen LogP contribution is 2.28. The van der Waals surface area contributed by atoms with Crippen LogP contribution in [0.5, 0.6) is 0 Å². The Balaban J connectivity index is 1.27. The van der Waals surface area contributed by atoms with Crippen molar-refractivity contribution in [3.8, 4) is 0 Å². The Labute approximate surface area is 252 Å². The lowest BCUT2D eigenvalue weighted by Crippen LogP contribution is -2.50. The summed E-state index contributed by atoms with van der Waals surface area (Å²) in [6.45, 7) is 13.7. The molecule has 11 heteroatoms. The van der Waals surface area contributed by atoms with Crippen molar-refractivity contribution < 1.29 is 9.32 Å². The van der Waals surface area contributed by atoms with E-state index in [1.54, 1.807) is 24.3 Å². The van der Waals surface area contributed by atoms with Crippen LogP contribution in [0.25, 0.3) is 0 Å². The number of rotatable bonds is 8. The van der Waals surface area contributed by atoms with Crippen molar-refractivity contribution in [2.24, 2.45) is 0 Å². The fraction of sp³-hybridized carbons (Fsp3) is 0.344. The van der Waals surface area contributed by atoms with Gasteiger partial charge in [-0.15, -0.1) is 0 Å². The first-order chi connectivity index (χ1) is 20.5. The predicted molar refractivity (Wildman–Crippen MR) is 170 cm³/mol. The Hall–Kier alpha value is -4.77. The number of amides is 1. The second-order valence-corrected chi connectivity index (χ2v) is 12.0. The molecule has 43 heavy (non-hydrogen) atoms. The zero-order chi connectivity index (χ0) is 30.7. The number of anilines is 5. The summed E-state index contributed by atoms with van der Waals surface area (Å²) in [5.74, 6) is 2.03. The van der Waals surface area contributed by atoms with Crippen LogP contribution in [0, 0.1) is 5.41 Å². The predicted octanol–water partition coefficient (Wildman–Crippen LogP) is 5.41. The van der Waals surface area contributed by atoms with Gasteiger partial charge in [0.15, 0.2) is 5.82 Å². The van der Waals surface area contributed by atoms with Crippen LogP contribution in [-0.2, 0) is 5.41 Å². The summed E-state index contributed by atoms with van der Waals surface area (Å²) in [6, 6.07) is 17.0. The van der Waals surface area contributed by atoms with Crippen LogP contribution in [0.15, 0.2) is 65.4 Å². The number of aromatic nitrogens is 3. The molecule has 1 amide bonds. The maximum atomic E-state index is 13.1. The van der Waals surface area contributed by atoms with E-state index in [0.717, 1.165) is 30.2 Å². The van der Waals surface area contributed by atoms with Gasteiger partial charge in [-0.1, -0.05) is 38.1 Å². The second kappa shape index (κ2) is 12.2. The molecule has 5 rings (SSSR count). The molecule has 3 heterocycles. The van der Waals surface area contributed by atoms with Gasteiger partial charge in [0.1, 0.15) is 23.7 Å². The van der Waals surface area contributed by atoms with Gasteiger partial charge >= 0.3 is 0 Å². The number of piperazine rings is 1. The smallest absolute Gasteiger partial charge is 0.253 e. The van der Waals surface area contributed by atoms with Gasteiger partial charge in [-0.05, 0) is 50.2 Å². The van der Waals surface area contributed by atoms with Crippen molar-refractivity contribution in [3.63, 3.8) is 0 Å². The summed E-state index contributed by atoms with van der Waals surface area (Å²) in [6.07, 6.45) is 1.36. The van der Waals surface area contributed by atoms with Gasteiger partial charge in [0, 0.05) is 66.2 Å². The summed E-state index contributed by atoms with van der Waals surface area (Å²) < 4.78 is 5.45. The third-order valence-corrected chi connectivity index (χ3v) is 7.55. The number of nitrogen functional groups attached to an aromatic ring is 1. The van der Waals surface area contributed by atoms with E-state index in [4.69, 9.17) is 15.7 Å². The van der Waals surface area contributed by atoms with Crippen LogP contribution in [-0.4, -0.2) is 68.8 Å². The van der Waals surface area contributed by atoms with E-state index in [2.05, 4.69) is 65.3 Å². The highest BCUT2D eigenvalue weighted by Gasteiger charge is 2.24. The van der Waals surface area contributed by atoms with Crippen LogP contribution in [0.3, 0.4) is 0 Å². The van der Waals surface area contributed by atoms with Crippen LogP contribution < -0.4 is 16.4 Å². The minimum absolute atomic E-state index is 0.00234. The average molecular weight is 582 g/mol. The minimum atomic E-state index is -0.131. The van der Waals surface area contributed by atoms with Gasteiger partial charge in [-0.3, -0.25) is 15.1 Å². The van der Waals surface area contributed by atoms with Crippen molar-refractivity contribution in [2.75, 3.05) is 42.5 Å². The highest BCUT2D eigenvalue weighted by molar-refractivity contribution is 6.16. The van der Waals surface area contributed by atoms with Crippen LogP contribution >= 0.6 is 0 Å². The molecule has 0 radical (unpaired) electrons. The maximum Gasteiger partial charge on any atom is 0.253 e. The first-order valence-electron chi connectivity index (χ1n) is 14.4. The van der Waals surface area contributed by atoms with Crippen molar-refractivity contribution in [2.45, 2.75) is 46.1 Å². The molecule has 4 aromatic rings. The van der Waals surface area contributed by atoms with Gasteiger partial charge in [-0.2, -0.15) is 0 Å². The SMILES string of the molecule is CC(C)N1CCN(C(=O)c2ccc(C(=N)c3c(N)ncnc3Nc3ccc(Nc4cc(C(C)(C)C)on4)cc3)cc2)CC1. The number of carbonyl (C=O) groups excluding carboxylic acids is 1. The van der Waals surface area contributed by atoms with Crippen molar-refractivity contribution in [1.29, 1.82) is 5.41 Å². The lowest BCUT2D eigenvalue weighted by atomic mass is 9.93. The van der Waals surface area contributed by atoms with Crippen LogP contribution in [0.4, 0.5) is 28.8 Å². The molecule has 1 aliphatic rings. The van der Waals surface area contributed by atoms with Crippen LogP contribution in [0.1, 0.15) is 61.9 Å². The Morgan fingerprint density at radius 2 is 1.53 bits per heavy atom. The summed E-state index contributed by atoms with van der Waals surface area (Å²) in [4.78, 5) is 25.9. The highest BCUT2D eigenvalue weighted by atomic mass is 16.5. The number of hydrogen-bond donors (Lipinski definition) is 4.